The van der Waals surface area contributed by atoms with Crippen molar-refractivity contribution in [1.29, 1.82) is 0 Å². The minimum Gasteiger partial charge on any atom is -0.490 e. The van der Waals surface area contributed by atoms with Gasteiger partial charge in [0, 0.05) is 24.5 Å². The van der Waals surface area contributed by atoms with Crippen molar-refractivity contribution in [3.8, 4) is 5.75 Å². The predicted octanol–water partition coefficient (Wildman–Crippen LogP) is 6.78. The molecule has 40 heavy (non-hydrogen) atoms. The summed E-state index contributed by atoms with van der Waals surface area (Å²) < 4.78 is 11.8. The fourth-order valence-corrected chi connectivity index (χ4v) is 3.93. The minimum atomic E-state index is -0.499. The molecule has 0 aliphatic heterocycles. The lowest BCUT2D eigenvalue weighted by atomic mass is 10.0. The molecular weight excluding hydrogens is 543 g/mol. The molecule has 0 spiro atoms. The first-order valence-electron chi connectivity index (χ1n) is 13.3. The maximum Gasteiger partial charge on any atom is 0.127 e. The van der Waals surface area contributed by atoms with Crippen molar-refractivity contribution < 1.29 is 14.6 Å². The Labute approximate surface area is 252 Å². The van der Waals surface area contributed by atoms with Crippen LogP contribution >= 0.6 is 24.8 Å². The SMILES string of the molecule is CC(C)NCC(O)COc1cccc2ccccc12.CN(C)CCOC(c1ccccc1)c1ccccc1.Cl.Cl. The summed E-state index contributed by atoms with van der Waals surface area (Å²) in [6.07, 6.45) is -0.483. The molecule has 5 nitrogen and oxygen atoms in total. The summed E-state index contributed by atoms with van der Waals surface area (Å²) in [6, 6.07) is 35.2. The molecule has 4 aromatic rings. The van der Waals surface area contributed by atoms with Crippen molar-refractivity contribution in [2.24, 2.45) is 0 Å². The lowest BCUT2D eigenvalue weighted by Gasteiger charge is -2.20. The molecule has 0 aromatic heterocycles. The third-order valence-electron chi connectivity index (χ3n) is 5.97. The summed E-state index contributed by atoms with van der Waals surface area (Å²) in [5, 5.41) is 15.3. The molecule has 0 amide bonds. The van der Waals surface area contributed by atoms with Crippen LogP contribution in [0.15, 0.2) is 103 Å². The first kappa shape index (κ1) is 35.4. The normalized spacial score (nSPS) is 11.4. The summed E-state index contributed by atoms with van der Waals surface area (Å²) in [6.45, 7) is 6.60. The highest BCUT2D eigenvalue weighted by Gasteiger charge is 2.14. The van der Waals surface area contributed by atoms with Crippen molar-refractivity contribution in [3.05, 3.63) is 114 Å². The molecule has 0 aliphatic rings. The lowest BCUT2D eigenvalue weighted by Crippen LogP contribution is -2.35. The van der Waals surface area contributed by atoms with Crippen LogP contribution < -0.4 is 10.1 Å². The number of aliphatic hydroxyl groups is 1. The van der Waals surface area contributed by atoms with E-state index in [1.165, 1.54) is 11.1 Å². The predicted molar refractivity (Wildman–Crippen MR) is 172 cm³/mol. The maximum absolute atomic E-state index is 9.84. The van der Waals surface area contributed by atoms with E-state index in [1.807, 2.05) is 42.5 Å². The minimum absolute atomic E-state index is 0. The van der Waals surface area contributed by atoms with Crippen LogP contribution in [0.4, 0.5) is 0 Å². The maximum atomic E-state index is 9.84. The smallest absolute Gasteiger partial charge is 0.127 e. The van der Waals surface area contributed by atoms with Gasteiger partial charge >= 0.3 is 0 Å². The van der Waals surface area contributed by atoms with Gasteiger partial charge in [-0.1, -0.05) is 111 Å². The third kappa shape index (κ3) is 12.3. The van der Waals surface area contributed by atoms with E-state index in [0.29, 0.717) is 19.2 Å². The number of aliphatic hydroxyl groups excluding tert-OH is 1. The van der Waals surface area contributed by atoms with Crippen molar-refractivity contribution >= 4 is 35.6 Å². The van der Waals surface area contributed by atoms with Crippen LogP contribution in [0.3, 0.4) is 0 Å². The van der Waals surface area contributed by atoms with E-state index in [4.69, 9.17) is 9.47 Å². The van der Waals surface area contributed by atoms with Gasteiger partial charge in [-0.15, -0.1) is 24.8 Å². The molecule has 7 heteroatoms. The summed E-state index contributed by atoms with van der Waals surface area (Å²) in [7, 11) is 4.12. The van der Waals surface area contributed by atoms with Crippen molar-refractivity contribution in [2.45, 2.75) is 32.1 Å². The highest BCUT2D eigenvalue weighted by Crippen LogP contribution is 2.26. The second-order valence-electron chi connectivity index (χ2n) is 9.88. The number of benzene rings is 4. The fourth-order valence-electron chi connectivity index (χ4n) is 3.93. The quantitative estimate of drug-likeness (QED) is 0.192. The molecule has 0 saturated heterocycles. The van der Waals surface area contributed by atoms with E-state index in [9.17, 15) is 5.11 Å². The second kappa shape index (κ2) is 19.4. The standard InChI is InChI=1S/C17H21NO.C16H21NO2.2ClH/c1-18(2)13-14-19-17(15-9-5-3-6-10-15)16-11-7-4-8-12-16;1-12(2)17-10-14(18)11-19-16-9-5-7-13-6-3-4-8-15(13)16;;/h3-12,17H,13-14H2,1-2H3;3-9,12,14,17-18H,10-11H2,1-2H3;2*1H. The van der Waals surface area contributed by atoms with E-state index in [-0.39, 0.29) is 30.9 Å². The number of hydrogen-bond acceptors (Lipinski definition) is 5. The van der Waals surface area contributed by atoms with Gasteiger partial charge in [0.2, 0.25) is 0 Å². The number of likely N-dealkylation sites (N-methyl/N-ethyl adjacent to an activating group) is 1. The Kier molecular flexibility index (Phi) is 17.2. The molecule has 0 saturated carbocycles. The first-order chi connectivity index (χ1) is 18.4. The molecule has 0 aliphatic carbocycles. The molecule has 0 radical (unpaired) electrons. The van der Waals surface area contributed by atoms with Gasteiger partial charge in [0.1, 0.15) is 24.6 Å². The molecule has 0 bridgehead atoms. The van der Waals surface area contributed by atoms with E-state index in [1.54, 1.807) is 0 Å². The second-order valence-corrected chi connectivity index (χ2v) is 9.88. The van der Waals surface area contributed by atoms with Crippen LogP contribution in [0.25, 0.3) is 10.8 Å². The molecule has 1 atom stereocenters. The van der Waals surface area contributed by atoms with Gasteiger partial charge in [0.05, 0.1) is 6.61 Å². The molecule has 1 unspecified atom stereocenters. The zero-order chi connectivity index (χ0) is 27.2. The van der Waals surface area contributed by atoms with Gasteiger partial charge in [-0.3, -0.25) is 0 Å². The number of hydrogen-bond donors (Lipinski definition) is 2. The Morgan fingerprint density at radius 2 is 1.30 bits per heavy atom. The first-order valence-corrected chi connectivity index (χ1v) is 13.3. The van der Waals surface area contributed by atoms with E-state index in [0.717, 1.165) is 29.7 Å². The zero-order valence-corrected chi connectivity index (χ0v) is 25.5. The lowest BCUT2D eigenvalue weighted by molar-refractivity contribution is 0.0687. The van der Waals surface area contributed by atoms with E-state index < -0.39 is 6.10 Å². The highest BCUT2D eigenvalue weighted by molar-refractivity contribution is 5.88. The van der Waals surface area contributed by atoms with Gasteiger partial charge in [0.15, 0.2) is 0 Å². The fraction of sp³-hybridized carbons (Fsp3) is 0.333. The Morgan fingerprint density at radius 1 is 0.750 bits per heavy atom. The van der Waals surface area contributed by atoms with Crippen LogP contribution in [0.1, 0.15) is 31.1 Å². The van der Waals surface area contributed by atoms with Crippen LogP contribution in [0.5, 0.6) is 5.75 Å². The van der Waals surface area contributed by atoms with Crippen LogP contribution in [0.2, 0.25) is 0 Å². The molecular formula is C33H44Cl2N2O3. The molecule has 4 rings (SSSR count). The van der Waals surface area contributed by atoms with Crippen LogP contribution in [0, 0.1) is 0 Å². The van der Waals surface area contributed by atoms with Gasteiger partial charge in [-0.05, 0) is 36.7 Å². The molecule has 0 fully saturated rings. The van der Waals surface area contributed by atoms with Crippen molar-refractivity contribution in [3.63, 3.8) is 0 Å². The van der Waals surface area contributed by atoms with E-state index in [2.05, 4.69) is 98.8 Å². The third-order valence-corrected chi connectivity index (χ3v) is 5.97. The monoisotopic (exact) mass is 586 g/mol. The van der Waals surface area contributed by atoms with Crippen molar-refractivity contribution in [1.82, 2.24) is 10.2 Å². The largest absolute Gasteiger partial charge is 0.490 e. The number of ether oxygens (including phenoxy) is 2. The Hall–Kier alpha value is -2.64. The molecule has 0 heterocycles. The van der Waals surface area contributed by atoms with Gasteiger partial charge in [-0.25, -0.2) is 0 Å². The molecule has 218 valence electrons. The van der Waals surface area contributed by atoms with Gasteiger partial charge in [-0.2, -0.15) is 0 Å². The highest BCUT2D eigenvalue weighted by atomic mass is 35.5. The number of fused-ring (bicyclic) bond motifs is 1. The van der Waals surface area contributed by atoms with Gasteiger partial charge in [0.25, 0.3) is 0 Å². The molecule has 2 N–H and O–H groups in total. The number of rotatable bonds is 12. The molecule has 4 aromatic carbocycles. The average molecular weight is 588 g/mol. The van der Waals surface area contributed by atoms with Crippen LogP contribution in [-0.4, -0.2) is 62.6 Å². The summed E-state index contributed by atoms with van der Waals surface area (Å²) in [5.74, 6) is 0.821. The zero-order valence-electron chi connectivity index (χ0n) is 23.9. The number of halogens is 2. The number of nitrogens with zero attached hydrogens (tertiary/aromatic N) is 1. The Balaban J connectivity index is 0.000000381. The summed E-state index contributed by atoms with van der Waals surface area (Å²) in [5.41, 5.74) is 2.40. The number of nitrogens with one attached hydrogen (secondary N) is 1. The van der Waals surface area contributed by atoms with Crippen molar-refractivity contribution in [2.75, 3.05) is 40.4 Å². The summed E-state index contributed by atoms with van der Waals surface area (Å²) in [4.78, 5) is 2.13. The summed E-state index contributed by atoms with van der Waals surface area (Å²) >= 11 is 0. The Morgan fingerprint density at radius 3 is 1.88 bits per heavy atom. The van der Waals surface area contributed by atoms with Gasteiger partial charge < -0.3 is 24.8 Å². The Bertz CT molecular complexity index is 1150. The topological polar surface area (TPSA) is 54.0 Å². The van der Waals surface area contributed by atoms with E-state index >= 15 is 0 Å². The average Bonchev–Trinajstić information content (AvgIpc) is 2.94. The van der Waals surface area contributed by atoms with Crippen LogP contribution in [-0.2, 0) is 4.74 Å².